The van der Waals surface area contributed by atoms with E-state index in [0.717, 1.165) is 9.87 Å². The van der Waals surface area contributed by atoms with Gasteiger partial charge < -0.3 is 19.5 Å². The number of hydrogen-bond donors (Lipinski definition) is 1. The minimum absolute atomic E-state index is 0.0886. The predicted octanol–water partition coefficient (Wildman–Crippen LogP) is 3.92. The zero-order valence-corrected chi connectivity index (χ0v) is 21.2. The molecule has 35 heavy (non-hydrogen) atoms. The summed E-state index contributed by atoms with van der Waals surface area (Å²) in [5.41, 5.74) is 1.19. The molecule has 3 aromatic rings. The lowest BCUT2D eigenvalue weighted by molar-refractivity contribution is -0.119. The highest BCUT2D eigenvalue weighted by Crippen LogP contribution is 2.36. The van der Waals surface area contributed by atoms with E-state index < -0.39 is 22.5 Å². The summed E-state index contributed by atoms with van der Waals surface area (Å²) in [7, 11) is 0.0378. The molecule has 10 heteroatoms. The Morgan fingerprint density at radius 3 is 2.20 bits per heavy atom. The van der Waals surface area contributed by atoms with E-state index >= 15 is 0 Å². The van der Waals surface area contributed by atoms with Gasteiger partial charge in [-0.2, -0.15) is 0 Å². The number of ether oxygens (including phenoxy) is 3. The minimum Gasteiger partial charge on any atom is -0.495 e. The van der Waals surface area contributed by atoms with Crippen molar-refractivity contribution in [2.45, 2.75) is 11.3 Å². The van der Waals surface area contributed by atoms with E-state index in [1.807, 2.05) is 30.3 Å². The Balaban J connectivity index is 1.94. The van der Waals surface area contributed by atoms with Crippen LogP contribution in [-0.2, 0) is 21.2 Å². The molecule has 0 fully saturated rings. The molecule has 3 aromatic carbocycles. The normalized spacial score (nSPS) is 11.0. The standard InChI is InChI=1S/C25H27ClN2O6S/c1-32-22-11-9-19(26)15-21(22)28(17-25(29)27-14-13-18-7-5-4-6-8-18)35(30,31)20-10-12-23(33-2)24(16-20)34-3/h4-12,15-16H,13-14,17H2,1-3H3,(H,27,29). The fraction of sp³-hybridized carbons (Fsp3) is 0.240. The summed E-state index contributed by atoms with van der Waals surface area (Å²) in [5, 5.41) is 3.07. The van der Waals surface area contributed by atoms with E-state index in [1.54, 1.807) is 12.1 Å². The zero-order chi connectivity index (χ0) is 25.4. The summed E-state index contributed by atoms with van der Waals surface area (Å²) in [4.78, 5) is 12.8. The molecule has 0 atom stereocenters. The number of nitrogens with one attached hydrogen (secondary N) is 1. The molecular weight excluding hydrogens is 492 g/mol. The molecular formula is C25H27ClN2O6S. The van der Waals surface area contributed by atoms with E-state index in [-0.39, 0.29) is 27.1 Å². The Hall–Kier alpha value is -3.43. The third kappa shape index (κ3) is 6.37. The van der Waals surface area contributed by atoms with Crippen molar-refractivity contribution < 1.29 is 27.4 Å². The smallest absolute Gasteiger partial charge is 0.265 e. The number of halogens is 1. The summed E-state index contributed by atoms with van der Waals surface area (Å²) in [6.07, 6.45) is 0.607. The summed E-state index contributed by atoms with van der Waals surface area (Å²) < 4.78 is 44.3. The lowest BCUT2D eigenvalue weighted by Gasteiger charge is -2.26. The summed E-state index contributed by atoms with van der Waals surface area (Å²) >= 11 is 6.18. The van der Waals surface area contributed by atoms with Crippen LogP contribution >= 0.6 is 11.6 Å². The second-order valence-corrected chi connectivity index (χ2v) is 9.73. The first-order valence-electron chi connectivity index (χ1n) is 10.7. The second kappa shape index (κ2) is 11.8. The lowest BCUT2D eigenvalue weighted by Crippen LogP contribution is -2.41. The van der Waals surface area contributed by atoms with Gasteiger partial charge in [0.2, 0.25) is 5.91 Å². The van der Waals surface area contributed by atoms with Gasteiger partial charge in [0, 0.05) is 17.6 Å². The predicted molar refractivity (Wildman–Crippen MR) is 135 cm³/mol. The van der Waals surface area contributed by atoms with E-state index in [1.165, 1.54) is 45.6 Å². The molecule has 186 valence electrons. The number of carbonyl (C=O) groups is 1. The molecule has 1 amide bonds. The van der Waals surface area contributed by atoms with Crippen LogP contribution in [0.4, 0.5) is 5.69 Å². The van der Waals surface area contributed by atoms with Crippen molar-refractivity contribution >= 4 is 33.2 Å². The van der Waals surface area contributed by atoms with Gasteiger partial charge in [0.1, 0.15) is 12.3 Å². The third-order valence-electron chi connectivity index (χ3n) is 5.22. The van der Waals surface area contributed by atoms with Crippen molar-refractivity contribution in [3.05, 3.63) is 77.3 Å². The third-order valence-corrected chi connectivity index (χ3v) is 7.21. The first-order chi connectivity index (χ1) is 16.8. The average molecular weight is 519 g/mol. The van der Waals surface area contributed by atoms with Crippen LogP contribution in [0.15, 0.2) is 71.6 Å². The number of carbonyl (C=O) groups excluding carboxylic acids is 1. The van der Waals surface area contributed by atoms with E-state index in [2.05, 4.69) is 5.32 Å². The number of benzene rings is 3. The molecule has 0 saturated heterocycles. The van der Waals surface area contributed by atoms with E-state index in [4.69, 9.17) is 25.8 Å². The molecule has 0 aliphatic carbocycles. The van der Waals surface area contributed by atoms with Crippen LogP contribution in [0.5, 0.6) is 17.2 Å². The molecule has 0 aliphatic rings. The van der Waals surface area contributed by atoms with Gasteiger partial charge >= 0.3 is 0 Å². The largest absolute Gasteiger partial charge is 0.495 e. The summed E-state index contributed by atoms with van der Waals surface area (Å²) in [6.45, 7) is -0.137. The molecule has 0 aromatic heterocycles. The molecule has 0 heterocycles. The van der Waals surface area contributed by atoms with Crippen molar-refractivity contribution in [2.75, 3.05) is 38.7 Å². The zero-order valence-electron chi connectivity index (χ0n) is 19.7. The first kappa shape index (κ1) is 26.2. The van der Waals surface area contributed by atoms with Gasteiger partial charge in [-0.1, -0.05) is 41.9 Å². The molecule has 0 bridgehead atoms. The maximum Gasteiger partial charge on any atom is 0.265 e. The van der Waals surface area contributed by atoms with Crippen LogP contribution < -0.4 is 23.8 Å². The van der Waals surface area contributed by atoms with Gasteiger partial charge in [-0.15, -0.1) is 0 Å². The van der Waals surface area contributed by atoms with Gasteiger partial charge in [0.15, 0.2) is 11.5 Å². The number of hydrogen-bond acceptors (Lipinski definition) is 6. The highest BCUT2D eigenvalue weighted by molar-refractivity contribution is 7.92. The monoisotopic (exact) mass is 518 g/mol. The molecule has 8 nitrogen and oxygen atoms in total. The van der Waals surface area contributed by atoms with Crippen molar-refractivity contribution in [1.82, 2.24) is 5.32 Å². The fourth-order valence-electron chi connectivity index (χ4n) is 3.44. The van der Waals surface area contributed by atoms with Crippen LogP contribution in [0.25, 0.3) is 0 Å². The highest BCUT2D eigenvalue weighted by atomic mass is 35.5. The molecule has 0 spiro atoms. The van der Waals surface area contributed by atoms with Crippen molar-refractivity contribution in [1.29, 1.82) is 0 Å². The SMILES string of the molecule is COc1ccc(S(=O)(=O)N(CC(=O)NCCc2ccccc2)c2cc(Cl)ccc2OC)cc1OC. The van der Waals surface area contributed by atoms with Crippen LogP contribution in [0, 0.1) is 0 Å². The minimum atomic E-state index is -4.24. The van der Waals surface area contributed by atoms with Gasteiger partial charge in [-0.25, -0.2) is 8.42 Å². The Bertz CT molecular complexity index is 1270. The van der Waals surface area contributed by atoms with Crippen molar-refractivity contribution in [3.63, 3.8) is 0 Å². The highest BCUT2D eigenvalue weighted by Gasteiger charge is 2.30. The maximum absolute atomic E-state index is 13.8. The van der Waals surface area contributed by atoms with Crippen LogP contribution in [0.1, 0.15) is 5.56 Å². The molecule has 0 saturated carbocycles. The van der Waals surface area contributed by atoms with E-state index in [9.17, 15) is 13.2 Å². The Morgan fingerprint density at radius 2 is 1.54 bits per heavy atom. The molecule has 0 radical (unpaired) electrons. The van der Waals surface area contributed by atoms with Crippen molar-refractivity contribution in [3.8, 4) is 17.2 Å². The van der Waals surface area contributed by atoms with Gasteiger partial charge in [-0.05, 0) is 42.3 Å². The number of sulfonamides is 1. The molecule has 3 rings (SSSR count). The molecule has 0 aliphatic heterocycles. The Morgan fingerprint density at radius 1 is 0.886 bits per heavy atom. The van der Waals surface area contributed by atoms with Crippen LogP contribution in [0.3, 0.4) is 0 Å². The number of nitrogens with zero attached hydrogens (tertiary/aromatic N) is 1. The van der Waals surface area contributed by atoms with Gasteiger partial charge in [-0.3, -0.25) is 9.10 Å². The van der Waals surface area contributed by atoms with Gasteiger partial charge in [0.25, 0.3) is 10.0 Å². The first-order valence-corrected chi connectivity index (χ1v) is 12.5. The topological polar surface area (TPSA) is 94.2 Å². The molecule has 1 N–H and O–H groups in total. The van der Waals surface area contributed by atoms with Crippen LogP contribution in [0.2, 0.25) is 5.02 Å². The van der Waals surface area contributed by atoms with E-state index in [0.29, 0.717) is 18.7 Å². The Labute approximate surface area is 210 Å². The number of methoxy groups -OCH3 is 3. The average Bonchev–Trinajstić information content (AvgIpc) is 2.87. The maximum atomic E-state index is 13.8. The fourth-order valence-corrected chi connectivity index (χ4v) is 5.04. The number of amides is 1. The Kier molecular flexibility index (Phi) is 8.84. The summed E-state index contributed by atoms with van der Waals surface area (Å²) in [6, 6.07) is 18.4. The lowest BCUT2D eigenvalue weighted by atomic mass is 10.1. The second-order valence-electron chi connectivity index (χ2n) is 7.43. The van der Waals surface area contributed by atoms with Crippen LogP contribution in [-0.4, -0.2) is 48.7 Å². The molecule has 0 unspecified atom stereocenters. The van der Waals surface area contributed by atoms with Crippen molar-refractivity contribution in [2.24, 2.45) is 0 Å². The quantitative estimate of drug-likeness (QED) is 0.413. The number of anilines is 1. The number of rotatable bonds is 11. The summed E-state index contributed by atoms with van der Waals surface area (Å²) in [5.74, 6) is 0.374. The van der Waals surface area contributed by atoms with Gasteiger partial charge in [0.05, 0.1) is 31.9 Å².